The van der Waals surface area contributed by atoms with E-state index < -0.39 is 0 Å². The molecule has 5 nitrogen and oxygen atoms in total. The third-order valence-corrected chi connectivity index (χ3v) is 6.63. The largest absolute Gasteiger partial charge is 0.331 e. The third kappa shape index (κ3) is 3.67. The number of amides is 1. The molecule has 0 saturated carbocycles. The van der Waals surface area contributed by atoms with Gasteiger partial charge in [-0.1, -0.05) is 6.07 Å². The molecular weight excluding hydrogens is 344 g/mol. The molecule has 2 aromatic heterocycles. The van der Waals surface area contributed by atoms with E-state index >= 15 is 0 Å². The summed E-state index contributed by atoms with van der Waals surface area (Å²) in [5.74, 6) is 0.302. The quantitative estimate of drug-likeness (QED) is 0.828. The first-order valence-electron chi connectivity index (χ1n) is 9.47. The molecule has 0 N–H and O–H groups in total. The van der Waals surface area contributed by atoms with Gasteiger partial charge < -0.3 is 4.90 Å². The lowest BCUT2D eigenvalue weighted by atomic mass is 9.87. The van der Waals surface area contributed by atoms with Crippen molar-refractivity contribution < 1.29 is 4.79 Å². The molecule has 1 unspecified atom stereocenters. The molecule has 0 aromatic carbocycles. The highest BCUT2D eigenvalue weighted by Crippen LogP contribution is 2.40. The molecule has 138 valence electrons. The summed E-state index contributed by atoms with van der Waals surface area (Å²) in [7, 11) is 0. The maximum atomic E-state index is 12.6. The zero-order valence-electron chi connectivity index (χ0n) is 15.4. The van der Waals surface area contributed by atoms with E-state index in [2.05, 4.69) is 31.2 Å². The molecule has 2 saturated heterocycles. The van der Waals surface area contributed by atoms with Gasteiger partial charge in [-0.3, -0.25) is 14.7 Å². The van der Waals surface area contributed by atoms with Crippen molar-refractivity contribution in [2.75, 3.05) is 13.1 Å². The maximum Gasteiger partial charge on any atom is 0.223 e. The number of carbonyl (C=O) groups excluding carboxylic acids is 1. The fourth-order valence-corrected chi connectivity index (χ4v) is 5.04. The van der Waals surface area contributed by atoms with Crippen molar-refractivity contribution in [1.29, 1.82) is 0 Å². The van der Waals surface area contributed by atoms with Crippen molar-refractivity contribution in [3.63, 3.8) is 0 Å². The van der Waals surface area contributed by atoms with Gasteiger partial charge >= 0.3 is 0 Å². The number of pyridine rings is 1. The molecule has 0 bridgehead atoms. The summed E-state index contributed by atoms with van der Waals surface area (Å²) < 4.78 is 0. The Labute approximate surface area is 159 Å². The number of hydrogen-bond donors (Lipinski definition) is 0. The zero-order chi connectivity index (χ0) is 18.0. The summed E-state index contributed by atoms with van der Waals surface area (Å²) in [6.07, 6.45) is 8.76. The lowest BCUT2D eigenvalue weighted by Crippen LogP contribution is -2.46. The van der Waals surface area contributed by atoms with Crippen LogP contribution in [0.2, 0.25) is 0 Å². The van der Waals surface area contributed by atoms with E-state index in [1.54, 1.807) is 11.3 Å². The number of aryl methyl sites for hydroxylation is 1. The Morgan fingerprint density at radius 3 is 2.92 bits per heavy atom. The topological polar surface area (TPSA) is 49.3 Å². The van der Waals surface area contributed by atoms with E-state index in [0.717, 1.165) is 56.0 Å². The van der Waals surface area contributed by atoms with Gasteiger partial charge in [-0.2, -0.15) is 0 Å². The first-order valence-corrected chi connectivity index (χ1v) is 10.4. The monoisotopic (exact) mass is 370 g/mol. The Hall–Kier alpha value is -1.79. The van der Waals surface area contributed by atoms with Gasteiger partial charge in [0.1, 0.15) is 0 Å². The Kier molecular flexibility index (Phi) is 5.05. The van der Waals surface area contributed by atoms with Crippen LogP contribution < -0.4 is 0 Å². The molecule has 2 aliphatic rings. The first-order chi connectivity index (χ1) is 12.6. The molecule has 6 heteroatoms. The predicted octanol–water partition coefficient (Wildman–Crippen LogP) is 3.39. The molecule has 2 aliphatic heterocycles. The lowest BCUT2D eigenvalue weighted by Gasteiger charge is -2.38. The van der Waals surface area contributed by atoms with Crippen molar-refractivity contribution in [2.45, 2.75) is 57.7 Å². The van der Waals surface area contributed by atoms with Crippen molar-refractivity contribution in [1.82, 2.24) is 19.8 Å². The van der Waals surface area contributed by atoms with Gasteiger partial charge in [-0.15, -0.1) is 11.3 Å². The van der Waals surface area contributed by atoms with Crippen LogP contribution in [0.25, 0.3) is 0 Å². The van der Waals surface area contributed by atoms with Crippen molar-refractivity contribution >= 4 is 17.2 Å². The van der Waals surface area contributed by atoms with Crippen LogP contribution in [0.1, 0.15) is 48.4 Å². The predicted molar refractivity (Wildman–Crippen MR) is 103 cm³/mol. The highest BCUT2D eigenvalue weighted by atomic mass is 32.1. The Balaban J connectivity index is 1.46. The van der Waals surface area contributed by atoms with Gasteiger partial charge in [0.05, 0.1) is 17.2 Å². The minimum atomic E-state index is 0.0261. The molecule has 2 fully saturated rings. The second-order valence-electron chi connectivity index (χ2n) is 7.55. The summed E-state index contributed by atoms with van der Waals surface area (Å²) in [5, 5.41) is 3.17. The fraction of sp³-hybridized carbons (Fsp3) is 0.550. The van der Waals surface area contributed by atoms with Gasteiger partial charge in [0.15, 0.2) is 0 Å². The van der Waals surface area contributed by atoms with Gasteiger partial charge in [0.25, 0.3) is 0 Å². The highest BCUT2D eigenvalue weighted by Gasteiger charge is 2.45. The number of thiazole rings is 1. The van der Waals surface area contributed by atoms with Crippen molar-refractivity contribution in [2.24, 2.45) is 0 Å². The van der Waals surface area contributed by atoms with Crippen LogP contribution in [0.15, 0.2) is 29.9 Å². The van der Waals surface area contributed by atoms with Crippen LogP contribution in [-0.2, 0) is 17.9 Å². The Morgan fingerprint density at radius 1 is 1.23 bits per heavy atom. The van der Waals surface area contributed by atoms with Gasteiger partial charge in [0, 0.05) is 42.8 Å². The van der Waals surface area contributed by atoms with E-state index in [1.807, 2.05) is 25.4 Å². The molecule has 26 heavy (non-hydrogen) atoms. The fourth-order valence-electron chi connectivity index (χ4n) is 4.44. The van der Waals surface area contributed by atoms with Gasteiger partial charge in [-0.25, -0.2) is 4.98 Å². The number of carbonyl (C=O) groups is 1. The number of likely N-dealkylation sites (tertiary alicyclic amines) is 2. The second kappa shape index (κ2) is 7.45. The number of rotatable bonds is 4. The molecule has 1 spiro atoms. The van der Waals surface area contributed by atoms with E-state index in [1.165, 1.54) is 5.56 Å². The van der Waals surface area contributed by atoms with Crippen LogP contribution in [0.4, 0.5) is 0 Å². The molecule has 2 aromatic rings. The van der Waals surface area contributed by atoms with E-state index in [9.17, 15) is 4.79 Å². The smallest absolute Gasteiger partial charge is 0.223 e. The highest BCUT2D eigenvalue weighted by molar-refractivity contribution is 7.09. The second-order valence-corrected chi connectivity index (χ2v) is 8.62. The zero-order valence-corrected chi connectivity index (χ0v) is 16.2. The molecule has 0 radical (unpaired) electrons. The molecular formula is C20H26N4OS. The van der Waals surface area contributed by atoms with Crippen molar-refractivity contribution in [3.8, 4) is 0 Å². The summed E-state index contributed by atoms with van der Waals surface area (Å²) in [6, 6.07) is 4.14. The van der Waals surface area contributed by atoms with Gasteiger partial charge in [0.2, 0.25) is 5.91 Å². The molecule has 1 amide bonds. The minimum Gasteiger partial charge on any atom is -0.331 e. The summed E-state index contributed by atoms with van der Waals surface area (Å²) in [6.45, 7) is 5.77. The molecule has 0 aliphatic carbocycles. The number of hydrogen-bond acceptors (Lipinski definition) is 5. The number of nitrogens with zero attached hydrogens (tertiary/aromatic N) is 4. The lowest BCUT2D eigenvalue weighted by molar-refractivity contribution is -0.132. The minimum absolute atomic E-state index is 0.0261. The Bertz CT molecular complexity index is 762. The molecule has 4 heterocycles. The van der Waals surface area contributed by atoms with Crippen LogP contribution in [-0.4, -0.2) is 44.3 Å². The van der Waals surface area contributed by atoms with Gasteiger partial charge in [-0.05, 0) is 50.8 Å². The standard InChI is InChI=1S/C20H26N4OS/c1-16-22-18(15-26-16)14-24-19(25)5-7-20(24)6-3-10-23(11-8-20)13-17-4-2-9-21-12-17/h2,4,9,12,15H,3,5-8,10-11,13-14H2,1H3. The van der Waals surface area contributed by atoms with E-state index in [-0.39, 0.29) is 5.54 Å². The van der Waals surface area contributed by atoms with Crippen LogP contribution in [0, 0.1) is 6.92 Å². The maximum absolute atomic E-state index is 12.6. The Morgan fingerprint density at radius 2 is 2.15 bits per heavy atom. The average molecular weight is 371 g/mol. The summed E-state index contributed by atoms with van der Waals surface area (Å²) in [4.78, 5) is 26.1. The SMILES string of the molecule is Cc1nc(CN2C(=O)CCC23CCCN(Cc2cccnc2)CC3)cs1. The number of aromatic nitrogens is 2. The average Bonchev–Trinajstić information content (AvgIpc) is 3.11. The first kappa shape index (κ1) is 17.6. The van der Waals surface area contributed by atoms with Crippen molar-refractivity contribution in [3.05, 3.63) is 46.2 Å². The normalized spacial score (nSPS) is 24.3. The summed E-state index contributed by atoms with van der Waals surface area (Å²) >= 11 is 1.67. The molecule has 4 rings (SSSR count). The summed E-state index contributed by atoms with van der Waals surface area (Å²) in [5.41, 5.74) is 2.33. The third-order valence-electron chi connectivity index (χ3n) is 5.80. The molecule has 1 atom stereocenters. The van der Waals surface area contributed by atoms with E-state index in [0.29, 0.717) is 18.9 Å². The van der Waals surface area contributed by atoms with E-state index in [4.69, 9.17) is 0 Å². The van der Waals surface area contributed by atoms with Crippen LogP contribution >= 0.6 is 11.3 Å². The van der Waals surface area contributed by atoms with Crippen LogP contribution in [0.3, 0.4) is 0 Å². The van der Waals surface area contributed by atoms with Crippen LogP contribution in [0.5, 0.6) is 0 Å².